The van der Waals surface area contributed by atoms with Crippen LogP contribution in [-0.2, 0) is 19.4 Å². The Morgan fingerprint density at radius 2 is 2.05 bits per heavy atom. The minimum Gasteiger partial charge on any atom is -0.329 e. The van der Waals surface area contributed by atoms with Crippen molar-refractivity contribution >= 4 is 0 Å². The van der Waals surface area contributed by atoms with Crippen molar-refractivity contribution in [3.63, 3.8) is 0 Å². The predicted octanol–water partition coefficient (Wildman–Crippen LogP) is 3.48. The zero-order valence-corrected chi connectivity index (χ0v) is 13.0. The molecule has 0 bridgehead atoms. The van der Waals surface area contributed by atoms with Crippen LogP contribution in [-0.4, -0.2) is 16.1 Å². The smallest absolute Gasteiger partial charge is 0.109 e. The molecule has 0 radical (unpaired) electrons. The van der Waals surface area contributed by atoms with Crippen LogP contribution >= 0.6 is 0 Å². The number of imidazole rings is 1. The first-order valence-electron chi connectivity index (χ1n) is 7.93. The molecule has 0 spiro atoms. The lowest BCUT2D eigenvalue weighted by atomic mass is 10.0. The van der Waals surface area contributed by atoms with Crippen LogP contribution in [0.3, 0.4) is 0 Å². The van der Waals surface area contributed by atoms with Crippen molar-refractivity contribution in [1.29, 1.82) is 0 Å². The molecular weight excluding hydrogens is 234 g/mol. The van der Waals surface area contributed by atoms with Gasteiger partial charge in [-0.05, 0) is 32.1 Å². The molecule has 1 aliphatic heterocycles. The normalized spacial score (nSPS) is 16.7. The van der Waals surface area contributed by atoms with Crippen LogP contribution in [0.2, 0.25) is 0 Å². The van der Waals surface area contributed by atoms with E-state index in [9.17, 15) is 0 Å². The number of nitrogens with zero attached hydrogens (tertiary/aromatic N) is 2. The van der Waals surface area contributed by atoms with E-state index in [2.05, 4.69) is 37.6 Å². The highest BCUT2D eigenvalue weighted by Crippen LogP contribution is 2.25. The molecule has 0 aromatic carbocycles. The molecule has 1 N–H and O–H groups in total. The van der Waals surface area contributed by atoms with Crippen molar-refractivity contribution in [2.24, 2.45) is 5.92 Å². The molecule has 0 aliphatic carbocycles. The first kappa shape index (κ1) is 14.6. The lowest BCUT2D eigenvalue weighted by Gasteiger charge is -2.22. The average Bonchev–Trinajstić information content (AvgIpc) is 2.74. The van der Waals surface area contributed by atoms with Gasteiger partial charge in [-0.15, -0.1) is 0 Å². The Bertz CT molecular complexity index is 406. The third-order valence-corrected chi connectivity index (χ3v) is 4.07. The molecule has 19 heavy (non-hydrogen) atoms. The van der Waals surface area contributed by atoms with Crippen LogP contribution in [0.5, 0.6) is 0 Å². The predicted molar refractivity (Wildman–Crippen MR) is 80.4 cm³/mol. The van der Waals surface area contributed by atoms with Crippen molar-refractivity contribution in [3.8, 4) is 0 Å². The van der Waals surface area contributed by atoms with Crippen molar-refractivity contribution in [2.45, 2.75) is 72.4 Å². The maximum absolute atomic E-state index is 4.89. The Balaban J connectivity index is 2.22. The molecule has 1 unspecified atom stereocenters. The maximum Gasteiger partial charge on any atom is 0.109 e. The van der Waals surface area contributed by atoms with Gasteiger partial charge in [0.2, 0.25) is 0 Å². The molecule has 2 rings (SSSR count). The second-order valence-electron chi connectivity index (χ2n) is 6.29. The summed E-state index contributed by atoms with van der Waals surface area (Å²) < 4.78 is 2.56. The fourth-order valence-electron chi connectivity index (χ4n) is 3.01. The highest BCUT2D eigenvalue weighted by atomic mass is 15.1. The highest BCUT2D eigenvalue weighted by Gasteiger charge is 2.22. The molecule has 1 atom stereocenters. The summed E-state index contributed by atoms with van der Waals surface area (Å²) in [5, 5.41) is 3.44. The van der Waals surface area contributed by atoms with E-state index in [0.717, 1.165) is 31.8 Å². The Morgan fingerprint density at radius 1 is 1.26 bits per heavy atom. The lowest BCUT2D eigenvalue weighted by molar-refractivity contribution is 0.416. The zero-order chi connectivity index (χ0) is 13.8. The molecule has 3 heteroatoms. The molecule has 1 aliphatic rings. The average molecular weight is 263 g/mol. The summed E-state index contributed by atoms with van der Waals surface area (Å²) in [5.41, 5.74) is 2.80. The van der Waals surface area contributed by atoms with Gasteiger partial charge in [-0.1, -0.05) is 20.8 Å². The van der Waals surface area contributed by atoms with Gasteiger partial charge in [0.1, 0.15) is 5.82 Å². The number of aryl methyl sites for hydroxylation is 1. The number of fused-ring (bicyclic) bond motifs is 1. The first-order valence-corrected chi connectivity index (χ1v) is 7.93. The van der Waals surface area contributed by atoms with Crippen molar-refractivity contribution in [2.75, 3.05) is 6.54 Å². The molecule has 0 saturated heterocycles. The molecule has 2 heterocycles. The van der Waals surface area contributed by atoms with E-state index in [1.807, 2.05) is 0 Å². The van der Waals surface area contributed by atoms with Crippen LogP contribution in [0.15, 0.2) is 0 Å². The van der Waals surface area contributed by atoms with E-state index in [0.29, 0.717) is 6.04 Å². The molecule has 1 aromatic rings. The first-order chi connectivity index (χ1) is 9.13. The minimum atomic E-state index is 0.596. The third kappa shape index (κ3) is 3.38. The Labute approximate surface area is 117 Å². The number of hydrogen-bond donors (Lipinski definition) is 1. The van der Waals surface area contributed by atoms with E-state index < -0.39 is 0 Å². The summed E-state index contributed by atoms with van der Waals surface area (Å²) in [4.78, 5) is 4.89. The lowest BCUT2D eigenvalue weighted by Crippen LogP contribution is -2.26. The summed E-state index contributed by atoms with van der Waals surface area (Å²) in [5.74, 6) is 2.10. The molecular formula is C16H29N3. The van der Waals surface area contributed by atoms with Crippen LogP contribution in [0.1, 0.15) is 70.2 Å². The van der Waals surface area contributed by atoms with Crippen LogP contribution in [0.4, 0.5) is 0 Å². The fourth-order valence-corrected chi connectivity index (χ4v) is 3.01. The summed E-state index contributed by atoms with van der Waals surface area (Å²) in [6.45, 7) is 11.3. The molecule has 0 amide bonds. The molecule has 3 nitrogen and oxygen atoms in total. The molecule has 0 fully saturated rings. The second kappa shape index (κ2) is 6.56. The van der Waals surface area contributed by atoms with Gasteiger partial charge in [0.25, 0.3) is 0 Å². The van der Waals surface area contributed by atoms with Crippen molar-refractivity contribution < 1.29 is 0 Å². The van der Waals surface area contributed by atoms with Gasteiger partial charge in [-0.3, -0.25) is 0 Å². The SMILES string of the molecule is CCCc1nc2c(n1C(C)CCC(C)C)CCNC2. The fraction of sp³-hybridized carbons (Fsp3) is 0.812. The van der Waals surface area contributed by atoms with Crippen LogP contribution in [0, 0.1) is 5.92 Å². The summed E-state index contributed by atoms with van der Waals surface area (Å²) in [6, 6.07) is 0.596. The number of hydrogen-bond acceptors (Lipinski definition) is 2. The molecule has 0 saturated carbocycles. The number of rotatable bonds is 6. The van der Waals surface area contributed by atoms with E-state index in [4.69, 9.17) is 4.98 Å². The van der Waals surface area contributed by atoms with Gasteiger partial charge in [0.05, 0.1) is 5.69 Å². The van der Waals surface area contributed by atoms with E-state index in [-0.39, 0.29) is 0 Å². The van der Waals surface area contributed by atoms with Crippen LogP contribution < -0.4 is 5.32 Å². The largest absolute Gasteiger partial charge is 0.329 e. The monoisotopic (exact) mass is 263 g/mol. The number of nitrogens with one attached hydrogen (secondary N) is 1. The summed E-state index contributed by atoms with van der Waals surface area (Å²) >= 11 is 0. The van der Waals surface area contributed by atoms with Crippen molar-refractivity contribution in [1.82, 2.24) is 14.9 Å². The summed E-state index contributed by atoms with van der Waals surface area (Å²) in [7, 11) is 0. The van der Waals surface area contributed by atoms with Gasteiger partial charge in [0, 0.05) is 37.7 Å². The standard InChI is InChI=1S/C16H29N3/c1-5-6-16-18-14-11-17-10-9-15(14)19(16)13(4)8-7-12(2)3/h12-13,17H,5-11H2,1-4H3. The van der Waals surface area contributed by atoms with Crippen LogP contribution in [0.25, 0.3) is 0 Å². The molecule has 108 valence electrons. The van der Waals surface area contributed by atoms with Gasteiger partial charge < -0.3 is 9.88 Å². The van der Waals surface area contributed by atoms with E-state index in [1.165, 1.54) is 36.5 Å². The van der Waals surface area contributed by atoms with Crippen molar-refractivity contribution in [3.05, 3.63) is 17.2 Å². The van der Waals surface area contributed by atoms with Gasteiger partial charge in [-0.2, -0.15) is 0 Å². The quantitative estimate of drug-likeness (QED) is 0.851. The Morgan fingerprint density at radius 3 is 2.74 bits per heavy atom. The Hall–Kier alpha value is -0.830. The number of aromatic nitrogens is 2. The van der Waals surface area contributed by atoms with Gasteiger partial charge in [-0.25, -0.2) is 4.98 Å². The zero-order valence-electron chi connectivity index (χ0n) is 13.0. The minimum absolute atomic E-state index is 0.596. The highest BCUT2D eigenvalue weighted by molar-refractivity contribution is 5.21. The van der Waals surface area contributed by atoms with E-state index in [1.54, 1.807) is 0 Å². The van der Waals surface area contributed by atoms with Gasteiger partial charge in [0.15, 0.2) is 0 Å². The summed E-state index contributed by atoms with van der Waals surface area (Å²) in [6.07, 6.45) is 6.00. The van der Waals surface area contributed by atoms with E-state index >= 15 is 0 Å². The van der Waals surface area contributed by atoms with Gasteiger partial charge >= 0.3 is 0 Å². The second-order valence-corrected chi connectivity index (χ2v) is 6.29. The maximum atomic E-state index is 4.89. The third-order valence-electron chi connectivity index (χ3n) is 4.07. The molecule has 1 aromatic heterocycles. The topological polar surface area (TPSA) is 29.9 Å². The Kier molecular flexibility index (Phi) is 5.03.